The Balaban J connectivity index is 1.55. The van der Waals surface area contributed by atoms with Gasteiger partial charge in [0.1, 0.15) is 17.5 Å². The number of hydrogen-bond donors (Lipinski definition) is 3. The zero-order chi connectivity index (χ0) is 31.4. The summed E-state index contributed by atoms with van der Waals surface area (Å²) in [6.45, 7) is 2.20. The molecule has 5 nitrogen and oxygen atoms in total. The molecule has 226 valence electrons. The molecule has 4 aromatic carbocycles. The fourth-order valence-electron chi connectivity index (χ4n) is 5.61. The molecule has 2 unspecified atom stereocenters. The Kier molecular flexibility index (Phi) is 11.3. The maximum atomic E-state index is 13.0. The fourth-order valence-corrected chi connectivity index (χ4v) is 9.44. The third kappa shape index (κ3) is 7.31. The second-order valence-electron chi connectivity index (χ2n) is 10.6. The second kappa shape index (κ2) is 14.8. The van der Waals surface area contributed by atoms with Crippen LogP contribution >= 0.6 is 90.4 Å². The van der Waals surface area contributed by atoms with E-state index in [-0.39, 0.29) is 18.1 Å². The SMILES string of the molecule is CC1CC=CC=C1C(NC(Cc1cc(I)c(Oc2cc(I)c(O)c(I)c2)c(I)c1)C(=O)O)(c1ccccc1)c1ccccc1. The number of carbonyl (C=O) groups is 1. The van der Waals surface area contributed by atoms with Crippen LogP contribution in [0.1, 0.15) is 30.0 Å². The molecule has 0 saturated heterocycles. The average Bonchev–Trinajstić information content (AvgIpc) is 3.01. The van der Waals surface area contributed by atoms with Crippen molar-refractivity contribution in [2.45, 2.75) is 31.3 Å². The summed E-state index contributed by atoms with van der Waals surface area (Å²) in [5.74, 6) is 0.848. The van der Waals surface area contributed by atoms with Crippen LogP contribution in [0.25, 0.3) is 0 Å². The van der Waals surface area contributed by atoms with Crippen molar-refractivity contribution >= 4 is 96.3 Å². The molecule has 0 fully saturated rings. The summed E-state index contributed by atoms with van der Waals surface area (Å²) in [5, 5.41) is 24.5. The minimum absolute atomic E-state index is 0.201. The van der Waals surface area contributed by atoms with Crippen LogP contribution in [0, 0.1) is 20.2 Å². The molecule has 0 aromatic heterocycles. The number of ether oxygens (including phenoxy) is 1. The largest absolute Gasteiger partial charge is 0.506 e. The highest BCUT2D eigenvalue weighted by Gasteiger charge is 2.43. The van der Waals surface area contributed by atoms with Gasteiger partial charge in [0.15, 0.2) is 5.75 Å². The number of aliphatic carboxylic acids is 1. The van der Waals surface area contributed by atoms with Gasteiger partial charge in [0.25, 0.3) is 0 Å². The standard InChI is InChI=1S/C35H29I4NO4/c1-21-10-8-9-15-26(21)35(23-11-4-2-5-12-23,24-13-6-3-7-14-24)40-31(34(42)43)18-22-16-29(38)33(30(39)17-22)44-25-19-27(36)32(41)28(37)20-25/h2-9,11-17,19-21,31,40-41H,10,18H2,1H3,(H,42,43). The first-order valence-electron chi connectivity index (χ1n) is 13.9. The number of allylic oxidation sites excluding steroid dienone is 3. The molecule has 0 bridgehead atoms. The molecule has 0 spiro atoms. The smallest absolute Gasteiger partial charge is 0.321 e. The summed E-state index contributed by atoms with van der Waals surface area (Å²) >= 11 is 8.66. The van der Waals surface area contributed by atoms with Gasteiger partial charge in [-0.05, 0) is 156 Å². The maximum Gasteiger partial charge on any atom is 0.321 e. The Bertz CT molecular complexity index is 1640. The highest BCUT2D eigenvalue weighted by Crippen LogP contribution is 2.43. The van der Waals surface area contributed by atoms with Crippen molar-refractivity contribution < 1.29 is 19.7 Å². The number of hydrogen-bond acceptors (Lipinski definition) is 4. The zero-order valence-electron chi connectivity index (χ0n) is 23.6. The van der Waals surface area contributed by atoms with Crippen LogP contribution in [-0.4, -0.2) is 22.2 Å². The fraction of sp³-hybridized carbons (Fsp3) is 0.171. The normalized spacial score (nSPS) is 15.5. The van der Waals surface area contributed by atoms with E-state index in [9.17, 15) is 15.0 Å². The van der Waals surface area contributed by atoms with E-state index in [1.165, 1.54) is 0 Å². The van der Waals surface area contributed by atoms with Crippen molar-refractivity contribution in [1.82, 2.24) is 5.32 Å². The Labute approximate surface area is 312 Å². The summed E-state index contributed by atoms with van der Waals surface area (Å²) in [5.41, 5.74) is 3.16. The molecule has 0 radical (unpaired) electrons. The molecule has 3 N–H and O–H groups in total. The molecule has 9 heteroatoms. The number of rotatable bonds is 10. The number of benzene rings is 4. The predicted octanol–water partition coefficient (Wildman–Crippen LogP) is 9.65. The van der Waals surface area contributed by atoms with Gasteiger partial charge in [-0.25, -0.2) is 0 Å². The highest BCUT2D eigenvalue weighted by molar-refractivity contribution is 14.1. The van der Waals surface area contributed by atoms with E-state index in [0.717, 1.165) is 35.8 Å². The lowest BCUT2D eigenvalue weighted by Crippen LogP contribution is -2.54. The van der Waals surface area contributed by atoms with Gasteiger partial charge in [-0.15, -0.1) is 0 Å². The van der Waals surface area contributed by atoms with Crippen LogP contribution in [0.5, 0.6) is 17.2 Å². The van der Waals surface area contributed by atoms with Crippen LogP contribution in [0.3, 0.4) is 0 Å². The van der Waals surface area contributed by atoms with Gasteiger partial charge >= 0.3 is 5.97 Å². The third-order valence-corrected chi connectivity index (χ3v) is 10.9. The Morgan fingerprint density at radius 2 is 1.45 bits per heavy atom. The number of phenols is 1. The maximum absolute atomic E-state index is 13.0. The number of carboxylic acids is 1. The number of carboxylic acid groups (broad SMARTS) is 1. The van der Waals surface area contributed by atoms with Crippen molar-refractivity contribution in [3.05, 3.63) is 140 Å². The van der Waals surface area contributed by atoms with Crippen LogP contribution in [-0.2, 0) is 16.8 Å². The van der Waals surface area contributed by atoms with E-state index in [1.807, 2.05) is 48.5 Å². The number of aromatic hydroxyl groups is 1. The summed E-state index contributed by atoms with van der Waals surface area (Å²) in [6.07, 6.45) is 7.53. The highest BCUT2D eigenvalue weighted by atomic mass is 127. The van der Waals surface area contributed by atoms with Gasteiger partial charge in [0.2, 0.25) is 0 Å². The molecule has 5 rings (SSSR count). The van der Waals surface area contributed by atoms with Gasteiger partial charge in [0.05, 0.1) is 19.8 Å². The van der Waals surface area contributed by atoms with Crippen LogP contribution in [0.4, 0.5) is 0 Å². The van der Waals surface area contributed by atoms with Gasteiger partial charge in [-0.3, -0.25) is 10.1 Å². The predicted molar refractivity (Wildman–Crippen MR) is 208 cm³/mol. The summed E-state index contributed by atoms with van der Waals surface area (Å²) < 4.78 is 9.43. The molecule has 1 aliphatic carbocycles. The summed E-state index contributed by atoms with van der Waals surface area (Å²) in [6, 6.07) is 27.0. The van der Waals surface area contributed by atoms with E-state index in [4.69, 9.17) is 4.74 Å². The van der Waals surface area contributed by atoms with Gasteiger partial charge in [0, 0.05) is 0 Å². The van der Waals surface area contributed by atoms with Crippen molar-refractivity contribution in [3.8, 4) is 17.2 Å². The van der Waals surface area contributed by atoms with E-state index in [0.29, 0.717) is 18.6 Å². The number of phenolic OH excluding ortho intramolecular Hbond substituents is 1. The topological polar surface area (TPSA) is 78.8 Å². The van der Waals surface area contributed by atoms with E-state index in [1.54, 1.807) is 12.1 Å². The molecule has 0 amide bonds. The average molecular weight is 1040 g/mol. The third-order valence-electron chi connectivity index (χ3n) is 7.68. The van der Waals surface area contributed by atoms with Gasteiger partial charge < -0.3 is 14.9 Å². The van der Waals surface area contributed by atoms with Crippen molar-refractivity contribution in [3.63, 3.8) is 0 Å². The molecular weight excluding hydrogens is 1010 g/mol. The second-order valence-corrected chi connectivity index (χ2v) is 15.3. The molecule has 0 heterocycles. The molecule has 4 aromatic rings. The number of halogens is 4. The molecule has 1 aliphatic rings. The first kappa shape index (κ1) is 33.7. The first-order chi connectivity index (χ1) is 21.1. The number of nitrogens with one attached hydrogen (secondary N) is 1. The Morgan fingerprint density at radius 1 is 0.909 bits per heavy atom. The van der Waals surface area contributed by atoms with Crippen molar-refractivity contribution in [2.75, 3.05) is 0 Å². The molecule has 2 atom stereocenters. The Morgan fingerprint density at radius 3 is 1.95 bits per heavy atom. The van der Waals surface area contributed by atoms with Crippen molar-refractivity contribution in [2.24, 2.45) is 5.92 Å². The van der Waals surface area contributed by atoms with E-state index >= 15 is 0 Å². The quantitative estimate of drug-likeness (QED) is 0.138. The van der Waals surface area contributed by atoms with Crippen LogP contribution in [0.2, 0.25) is 0 Å². The van der Waals surface area contributed by atoms with E-state index in [2.05, 4.69) is 145 Å². The van der Waals surface area contributed by atoms with Gasteiger partial charge in [-0.1, -0.05) is 85.8 Å². The minimum Gasteiger partial charge on any atom is -0.506 e. The minimum atomic E-state index is -0.917. The monoisotopic (exact) mass is 1030 g/mol. The van der Waals surface area contributed by atoms with E-state index < -0.39 is 17.6 Å². The summed E-state index contributed by atoms with van der Waals surface area (Å²) in [7, 11) is 0. The molecule has 0 aliphatic heterocycles. The van der Waals surface area contributed by atoms with Crippen LogP contribution < -0.4 is 10.1 Å². The lowest BCUT2D eigenvalue weighted by Gasteiger charge is -2.43. The lowest BCUT2D eigenvalue weighted by atomic mass is 9.70. The van der Waals surface area contributed by atoms with Crippen molar-refractivity contribution in [1.29, 1.82) is 0 Å². The van der Waals surface area contributed by atoms with Gasteiger partial charge in [-0.2, -0.15) is 0 Å². The molecule has 44 heavy (non-hydrogen) atoms. The zero-order valence-corrected chi connectivity index (χ0v) is 32.2. The van der Waals surface area contributed by atoms with Crippen LogP contribution in [0.15, 0.2) is 109 Å². The first-order valence-corrected chi connectivity index (χ1v) is 18.2. The molecular formula is C35H29I4NO4. The lowest BCUT2D eigenvalue weighted by molar-refractivity contribution is -0.139. The molecule has 0 saturated carbocycles. The Hall–Kier alpha value is -1.69. The summed E-state index contributed by atoms with van der Waals surface area (Å²) in [4.78, 5) is 13.0.